The Morgan fingerprint density at radius 1 is 1.17 bits per heavy atom. The number of hydrogen-bond acceptors (Lipinski definition) is 2. The Morgan fingerprint density at radius 2 is 1.78 bits per heavy atom. The van der Waals surface area contributed by atoms with Gasteiger partial charge in [-0.15, -0.1) is 0 Å². The number of halogens is 2. The van der Waals surface area contributed by atoms with E-state index in [4.69, 9.17) is 0 Å². The number of carbonyl (C=O) groups excluding carboxylic acids is 1. The van der Waals surface area contributed by atoms with Crippen molar-refractivity contribution >= 4 is 5.78 Å². The third-order valence-electron chi connectivity index (χ3n) is 2.68. The summed E-state index contributed by atoms with van der Waals surface area (Å²) in [5.74, 6) is -1.61. The summed E-state index contributed by atoms with van der Waals surface area (Å²) in [5.41, 5.74) is -0.160. The van der Waals surface area contributed by atoms with E-state index in [0.29, 0.717) is 0 Å². The molecule has 1 aromatic carbocycles. The van der Waals surface area contributed by atoms with Crippen LogP contribution in [0.4, 0.5) is 8.78 Å². The summed E-state index contributed by atoms with van der Waals surface area (Å²) in [7, 11) is 0. The fourth-order valence-corrected chi connectivity index (χ4v) is 1.90. The highest BCUT2D eigenvalue weighted by Crippen LogP contribution is 2.11. The fourth-order valence-electron chi connectivity index (χ4n) is 1.90. The van der Waals surface area contributed by atoms with Gasteiger partial charge in [0.1, 0.15) is 11.6 Å². The summed E-state index contributed by atoms with van der Waals surface area (Å²) in [6, 6.07) is 2.97. The number of nitrogens with zero attached hydrogens (tertiary/aromatic N) is 1. The van der Waals surface area contributed by atoms with Crippen LogP contribution in [0.15, 0.2) is 18.2 Å². The molecule has 0 fully saturated rings. The van der Waals surface area contributed by atoms with Crippen LogP contribution in [0.5, 0.6) is 0 Å². The van der Waals surface area contributed by atoms with E-state index in [9.17, 15) is 13.6 Å². The maximum atomic E-state index is 13.4. The van der Waals surface area contributed by atoms with Crippen LogP contribution < -0.4 is 0 Å². The molecule has 100 valence electrons. The first-order valence-corrected chi connectivity index (χ1v) is 6.29. The van der Waals surface area contributed by atoms with E-state index in [2.05, 4.69) is 0 Å². The van der Waals surface area contributed by atoms with Gasteiger partial charge in [-0.3, -0.25) is 9.69 Å². The predicted octanol–water partition coefficient (Wildman–Crippen LogP) is 3.27. The lowest BCUT2D eigenvalue weighted by atomic mass is 10.1. The summed E-state index contributed by atoms with van der Waals surface area (Å²) in [6.45, 7) is 5.76. The van der Waals surface area contributed by atoms with Crippen molar-refractivity contribution in [1.82, 2.24) is 4.90 Å². The summed E-state index contributed by atoms with van der Waals surface area (Å²) in [4.78, 5) is 13.9. The van der Waals surface area contributed by atoms with Crippen molar-refractivity contribution < 1.29 is 13.6 Å². The molecule has 0 saturated carbocycles. The normalized spacial score (nSPS) is 10.9. The third-order valence-corrected chi connectivity index (χ3v) is 2.68. The summed E-state index contributed by atoms with van der Waals surface area (Å²) in [5, 5.41) is 0. The first kappa shape index (κ1) is 14.8. The van der Waals surface area contributed by atoms with Gasteiger partial charge in [-0.05, 0) is 44.1 Å². The zero-order chi connectivity index (χ0) is 13.5. The topological polar surface area (TPSA) is 20.3 Å². The van der Waals surface area contributed by atoms with Crippen molar-refractivity contribution in [2.24, 2.45) is 0 Å². The number of hydrogen-bond donors (Lipinski definition) is 0. The van der Waals surface area contributed by atoms with Crippen LogP contribution in [0, 0.1) is 11.6 Å². The van der Waals surface area contributed by atoms with E-state index in [0.717, 1.165) is 44.1 Å². The highest BCUT2D eigenvalue weighted by Gasteiger charge is 2.15. The Hall–Kier alpha value is -1.29. The highest BCUT2D eigenvalue weighted by molar-refractivity contribution is 5.97. The minimum absolute atomic E-state index is 0.141. The number of carbonyl (C=O) groups is 1. The average molecular weight is 255 g/mol. The second-order valence-electron chi connectivity index (χ2n) is 4.32. The largest absolute Gasteiger partial charge is 0.296 e. The van der Waals surface area contributed by atoms with Gasteiger partial charge in [0.05, 0.1) is 12.1 Å². The van der Waals surface area contributed by atoms with Crippen molar-refractivity contribution in [2.45, 2.75) is 26.7 Å². The lowest BCUT2D eigenvalue weighted by molar-refractivity contribution is 0.0926. The average Bonchev–Trinajstić information content (AvgIpc) is 2.33. The second kappa shape index (κ2) is 7.21. The summed E-state index contributed by atoms with van der Waals surface area (Å²) < 4.78 is 26.4. The molecule has 2 nitrogen and oxygen atoms in total. The minimum Gasteiger partial charge on any atom is -0.296 e. The highest BCUT2D eigenvalue weighted by atomic mass is 19.1. The van der Waals surface area contributed by atoms with E-state index < -0.39 is 11.6 Å². The molecule has 0 saturated heterocycles. The molecule has 0 heterocycles. The molecule has 0 atom stereocenters. The molecule has 0 amide bonds. The van der Waals surface area contributed by atoms with Crippen molar-refractivity contribution in [1.29, 1.82) is 0 Å². The van der Waals surface area contributed by atoms with Crippen molar-refractivity contribution in [2.75, 3.05) is 19.6 Å². The van der Waals surface area contributed by atoms with Gasteiger partial charge in [-0.2, -0.15) is 0 Å². The Bertz CT molecular complexity index is 401. The zero-order valence-electron chi connectivity index (χ0n) is 10.9. The maximum absolute atomic E-state index is 13.4. The minimum atomic E-state index is -0.658. The number of ketones is 1. The van der Waals surface area contributed by atoms with Gasteiger partial charge in [0.25, 0.3) is 0 Å². The second-order valence-corrected chi connectivity index (χ2v) is 4.32. The first-order chi connectivity index (χ1) is 8.58. The lowest BCUT2D eigenvalue weighted by Crippen LogP contribution is -2.31. The van der Waals surface area contributed by atoms with Gasteiger partial charge in [0.15, 0.2) is 5.78 Å². The SMILES string of the molecule is CCCN(CCC)CC(=O)c1cc(F)ccc1F. The number of Topliss-reactive ketones (excluding diaryl/α,β-unsaturated/α-hetero) is 1. The van der Waals surface area contributed by atoms with E-state index in [-0.39, 0.29) is 17.9 Å². The van der Waals surface area contributed by atoms with Gasteiger partial charge in [-0.1, -0.05) is 13.8 Å². The maximum Gasteiger partial charge on any atom is 0.179 e. The van der Waals surface area contributed by atoms with Crippen LogP contribution in [0.25, 0.3) is 0 Å². The van der Waals surface area contributed by atoms with Crippen molar-refractivity contribution in [3.05, 3.63) is 35.4 Å². The molecule has 0 radical (unpaired) electrons. The summed E-state index contributed by atoms with van der Waals surface area (Å²) >= 11 is 0. The number of rotatable bonds is 7. The Labute approximate surface area is 107 Å². The van der Waals surface area contributed by atoms with E-state index >= 15 is 0 Å². The molecule has 0 bridgehead atoms. The van der Waals surface area contributed by atoms with Crippen LogP contribution in [0.2, 0.25) is 0 Å². The molecule has 0 unspecified atom stereocenters. The molecular formula is C14H19F2NO. The van der Waals surface area contributed by atoms with E-state index in [1.807, 2.05) is 18.7 Å². The molecule has 0 aliphatic carbocycles. The Morgan fingerprint density at radius 3 is 2.33 bits per heavy atom. The van der Waals surface area contributed by atoms with Gasteiger partial charge in [0, 0.05) is 0 Å². The quantitative estimate of drug-likeness (QED) is 0.697. The summed E-state index contributed by atoms with van der Waals surface area (Å²) in [6.07, 6.45) is 1.86. The van der Waals surface area contributed by atoms with Crippen LogP contribution in [0.1, 0.15) is 37.0 Å². The molecule has 0 spiro atoms. The Balaban J connectivity index is 2.76. The van der Waals surface area contributed by atoms with Gasteiger partial charge < -0.3 is 0 Å². The smallest absolute Gasteiger partial charge is 0.179 e. The van der Waals surface area contributed by atoms with Crippen molar-refractivity contribution in [3.63, 3.8) is 0 Å². The zero-order valence-corrected chi connectivity index (χ0v) is 10.9. The van der Waals surface area contributed by atoms with Gasteiger partial charge in [0.2, 0.25) is 0 Å². The number of benzene rings is 1. The molecule has 18 heavy (non-hydrogen) atoms. The van der Waals surface area contributed by atoms with Crippen LogP contribution >= 0.6 is 0 Å². The predicted molar refractivity (Wildman–Crippen MR) is 67.7 cm³/mol. The molecule has 0 N–H and O–H groups in total. The molecular weight excluding hydrogens is 236 g/mol. The monoisotopic (exact) mass is 255 g/mol. The molecule has 1 aromatic rings. The first-order valence-electron chi connectivity index (χ1n) is 6.29. The van der Waals surface area contributed by atoms with Gasteiger partial charge in [-0.25, -0.2) is 8.78 Å². The van der Waals surface area contributed by atoms with E-state index in [1.54, 1.807) is 0 Å². The molecule has 0 aliphatic rings. The molecule has 0 aliphatic heterocycles. The van der Waals surface area contributed by atoms with Crippen LogP contribution in [0.3, 0.4) is 0 Å². The van der Waals surface area contributed by atoms with Crippen molar-refractivity contribution in [3.8, 4) is 0 Å². The standard InChI is InChI=1S/C14H19F2NO/c1-3-7-17(8-4-2)10-14(18)12-9-11(15)5-6-13(12)16/h5-6,9H,3-4,7-8,10H2,1-2H3. The fraction of sp³-hybridized carbons (Fsp3) is 0.500. The molecule has 0 aromatic heterocycles. The Kier molecular flexibility index (Phi) is 5.92. The van der Waals surface area contributed by atoms with Crippen LogP contribution in [-0.2, 0) is 0 Å². The third kappa shape index (κ3) is 4.18. The van der Waals surface area contributed by atoms with E-state index in [1.165, 1.54) is 0 Å². The van der Waals surface area contributed by atoms with Crippen LogP contribution in [-0.4, -0.2) is 30.3 Å². The van der Waals surface area contributed by atoms with Gasteiger partial charge >= 0.3 is 0 Å². The lowest BCUT2D eigenvalue weighted by Gasteiger charge is -2.20. The molecule has 1 rings (SSSR count). The molecule has 4 heteroatoms.